The number of hydrogen-bond donors (Lipinski definition) is 1. The van der Waals surface area contributed by atoms with E-state index in [2.05, 4.69) is 0 Å². The van der Waals surface area contributed by atoms with Crippen molar-refractivity contribution in [2.45, 2.75) is 19.4 Å². The minimum Gasteiger partial charge on any atom is -0.341 e. The summed E-state index contributed by atoms with van der Waals surface area (Å²) in [7, 11) is 0. The SMILES string of the molecule is CC(C)(CN)n1ccc2ccc(F)cc21. The molecule has 0 radical (unpaired) electrons. The third-order valence-corrected chi connectivity index (χ3v) is 2.81. The second kappa shape index (κ2) is 3.35. The lowest BCUT2D eigenvalue weighted by atomic mass is 10.1. The summed E-state index contributed by atoms with van der Waals surface area (Å²) in [5.41, 5.74) is 6.42. The molecule has 0 amide bonds. The fourth-order valence-corrected chi connectivity index (χ4v) is 1.73. The van der Waals surface area contributed by atoms with Gasteiger partial charge in [-0.2, -0.15) is 0 Å². The smallest absolute Gasteiger partial charge is 0.125 e. The molecule has 0 aliphatic heterocycles. The average molecular weight is 206 g/mol. The number of rotatable bonds is 2. The highest BCUT2D eigenvalue weighted by Gasteiger charge is 2.19. The summed E-state index contributed by atoms with van der Waals surface area (Å²) in [5, 5.41) is 1.04. The van der Waals surface area contributed by atoms with Crippen LogP contribution in [0.2, 0.25) is 0 Å². The second-order valence-corrected chi connectivity index (χ2v) is 4.41. The third-order valence-electron chi connectivity index (χ3n) is 2.81. The molecule has 0 aliphatic rings. The van der Waals surface area contributed by atoms with Crippen molar-refractivity contribution >= 4 is 10.9 Å². The maximum atomic E-state index is 13.1. The maximum Gasteiger partial charge on any atom is 0.125 e. The molecule has 0 saturated carbocycles. The zero-order valence-electron chi connectivity index (χ0n) is 9.00. The van der Waals surface area contributed by atoms with Crippen LogP contribution < -0.4 is 5.73 Å². The highest BCUT2D eigenvalue weighted by Crippen LogP contribution is 2.24. The molecule has 15 heavy (non-hydrogen) atoms. The van der Waals surface area contributed by atoms with Crippen molar-refractivity contribution in [2.75, 3.05) is 6.54 Å². The maximum absolute atomic E-state index is 13.1. The van der Waals surface area contributed by atoms with Crippen LogP contribution in [0.15, 0.2) is 30.5 Å². The summed E-state index contributed by atoms with van der Waals surface area (Å²) >= 11 is 0. The van der Waals surface area contributed by atoms with E-state index in [-0.39, 0.29) is 11.4 Å². The van der Waals surface area contributed by atoms with Crippen molar-refractivity contribution in [3.05, 3.63) is 36.3 Å². The molecule has 1 aromatic heterocycles. The van der Waals surface area contributed by atoms with Crippen LogP contribution in [0.3, 0.4) is 0 Å². The average Bonchev–Trinajstić information content (AvgIpc) is 2.61. The van der Waals surface area contributed by atoms with Crippen LogP contribution in [0.5, 0.6) is 0 Å². The van der Waals surface area contributed by atoms with Gasteiger partial charge in [0.1, 0.15) is 5.82 Å². The molecule has 0 unspecified atom stereocenters. The zero-order chi connectivity index (χ0) is 11.1. The fraction of sp³-hybridized carbons (Fsp3) is 0.333. The summed E-state index contributed by atoms with van der Waals surface area (Å²) < 4.78 is 15.2. The van der Waals surface area contributed by atoms with E-state index in [1.807, 2.05) is 30.7 Å². The van der Waals surface area contributed by atoms with E-state index in [9.17, 15) is 4.39 Å². The van der Waals surface area contributed by atoms with Gasteiger partial charge >= 0.3 is 0 Å². The first kappa shape index (κ1) is 10.2. The summed E-state index contributed by atoms with van der Waals surface area (Å²) in [6, 6.07) is 6.79. The van der Waals surface area contributed by atoms with Gasteiger partial charge in [-0.05, 0) is 43.5 Å². The summed E-state index contributed by atoms with van der Waals surface area (Å²) in [6.07, 6.45) is 1.96. The molecule has 0 aliphatic carbocycles. The minimum atomic E-state index is -0.213. The Labute approximate surface area is 88.5 Å². The number of halogens is 1. The number of aromatic nitrogens is 1. The Bertz CT molecular complexity index is 485. The lowest BCUT2D eigenvalue weighted by Crippen LogP contribution is -2.34. The zero-order valence-corrected chi connectivity index (χ0v) is 9.00. The van der Waals surface area contributed by atoms with Gasteiger partial charge in [-0.3, -0.25) is 0 Å². The van der Waals surface area contributed by atoms with Gasteiger partial charge in [0.15, 0.2) is 0 Å². The lowest BCUT2D eigenvalue weighted by Gasteiger charge is -2.26. The Hall–Kier alpha value is -1.35. The highest BCUT2D eigenvalue weighted by atomic mass is 19.1. The summed E-state index contributed by atoms with van der Waals surface area (Å²) in [6.45, 7) is 4.60. The van der Waals surface area contributed by atoms with Crippen LogP contribution >= 0.6 is 0 Å². The predicted octanol–water partition coefficient (Wildman–Crippen LogP) is 2.47. The monoisotopic (exact) mass is 206 g/mol. The first-order chi connectivity index (χ1) is 7.04. The molecule has 80 valence electrons. The van der Waals surface area contributed by atoms with E-state index in [1.165, 1.54) is 6.07 Å². The molecule has 0 atom stereocenters. The molecule has 0 fully saturated rings. The van der Waals surface area contributed by atoms with E-state index in [4.69, 9.17) is 5.73 Å². The van der Waals surface area contributed by atoms with Gasteiger partial charge < -0.3 is 10.3 Å². The van der Waals surface area contributed by atoms with Gasteiger partial charge in [0.2, 0.25) is 0 Å². The number of hydrogen-bond acceptors (Lipinski definition) is 1. The number of nitrogens with two attached hydrogens (primary N) is 1. The van der Waals surface area contributed by atoms with E-state index >= 15 is 0 Å². The van der Waals surface area contributed by atoms with Crippen molar-refractivity contribution in [1.82, 2.24) is 4.57 Å². The van der Waals surface area contributed by atoms with E-state index in [0.29, 0.717) is 6.54 Å². The van der Waals surface area contributed by atoms with Crippen LogP contribution in [-0.2, 0) is 5.54 Å². The molecule has 0 bridgehead atoms. The molecular formula is C12H15FN2. The van der Waals surface area contributed by atoms with Gasteiger partial charge in [-0.15, -0.1) is 0 Å². The fourth-order valence-electron chi connectivity index (χ4n) is 1.73. The number of benzene rings is 1. The molecule has 2 N–H and O–H groups in total. The van der Waals surface area contributed by atoms with Gasteiger partial charge in [0, 0.05) is 12.7 Å². The van der Waals surface area contributed by atoms with Crippen LogP contribution in [0.1, 0.15) is 13.8 Å². The van der Waals surface area contributed by atoms with Crippen molar-refractivity contribution in [3.63, 3.8) is 0 Å². The van der Waals surface area contributed by atoms with Gasteiger partial charge in [0.05, 0.1) is 11.1 Å². The normalized spacial score (nSPS) is 12.3. The van der Waals surface area contributed by atoms with Crippen molar-refractivity contribution in [2.24, 2.45) is 5.73 Å². The largest absolute Gasteiger partial charge is 0.341 e. The second-order valence-electron chi connectivity index (χ2n) is 4.41. The Morgan fingerprint density at radius 2 is 2.07 bits per heavy atom. The van der Waals surface area contributed by atoms with E-state index in [0.717, 1.165) is 10.9 Å². The summed E-state index contributed by atoms with van der Waals surface area (Å²) in [5.74, 6) is -0.213. The predicted molar refractivity (Wildman–Crippen MR) is 60.3 cm³/mol. The molecule has 1 aromatic carbocycles. The molecular weight excluding hydrogens is 191 g/mol. The van der Waals surface area contributed by atoms with Gasteiger partial charge in [-0.25, -0.2) is 4.39 Å². The Morgan fingerprint density at radius 1 is 1.33 bits per heavy atom. The van der Waals surface area contributed by atoms with Crippen molar-refractivity contribution in [3.8, 4) is 0 Å². The Kier molecular flexibility index (Phi) is 2.27. The summed E-state index contributed by atoms with van der Waals surface area (Å²) in [4.78, 5) is 0. The van der Waals surface area contributed by atoms with Gasteiger partial charge in [-0.1, -0.05) is 0 Å². The van der Waals surface area contributed by atoms with E-state index < -0.39 is 0 Å². The standard InChI is InChI=1S/C12H15FN2/c1-12(2,8-14)15-6-5-9-3-4-10(13)7-11(9)15/h3-7H,8,14H2,1-2H3. The van der Waals surface area contributed by atoms with E-state index in [1.54, 1.807) is 12.1 Å². The quantitative estimate of drug-likeness (QED) is 0.804. The third kappa shape index (κ3) is 1.63. The van der Waals surface area contributed by atoms with Crippen LogP contribution in [-0.4, -0.2) is 11.1 Å². The Morgan fingerprint density at radius 3 is 2.73 bits per heavy atom. The highest BCUT2D eigenvalue weighted by molar-refractivity contribution is 5.80. The number of nitrogens with zero attached hydrogens (tertiary/aromatic N) is 1. The minimum absolute atomic E-state index is 0.185. The lowest BCUT2D eigenvalue weighted by molar-refractivity contribution is 0.379. The first-order valence-electron chi connectivity index (χ1n) is 5.02. The van der Waals surface area contributed by atoms with Gasteiger partial charge in [0.25, 0.3) is 0 Å². The van der Waals surface area contributed by atoms with Crippen molar-refractivity contribution < 1.29 is 4.39 Å². The molecule has 2 aromatic rings. The first-order valence-corrected chi connectivity index (χ1v) is 5.02. The molecule has 2 nitrogen and oxygen atoms in total. The number of fused-ring (bicyclic) bond motifs is 1. The van der Waals surface area contributed by atoms with Crippen LogP contribution in [0.4, 0.5) is 4.39 Å². The molecule has 2 rings (SSSR count). The molecule has 0 spiro atoms. The van der Waals surface area contributed by atoms with Crippen LogP contribution in [0.25, 0.3) is 10.9 Å². The topological polar surface area (TPSA) is 30.9 Å². The van der Waals surface area contributed by atoms with Crippen molar-refractivity contribution in [1.29, 1.82) is 0 Å². The molecule has 3 heteroatoms. The molecule has 1 heterocycles. The Balaban J connectivity index is 2.67. The molecule has 0 saturated heterocycles. The van der Waals surface area contributed by atoms with Crippen LogP contribution in [0, 0.1) is 5.82 Å².